The first-order valence-electron chi connectivity index (χ1n) is 23.1. The van der Waals surface area contributed by atoms with E-state index >= 15 is 0 Å². The number of allylic oxidation sites excluding steroid dienone is 1. The van der Waals surface area contributed by atoms with Crippen LogP contribution in [0.25, 0.3) is 10.9 Å². The Morgan fingerprint density at radius 2 is 1.56 bits per heavy atom. The number of carbonyl (C=O) groups is 9. The summed E-state index contributed by atoms with van der Waals surface area (Å²) in [5.41, 5.74) is 1.54. The molecular weight excluding hydrogens is 853 g/mol. The van der Waals surface area contributed by atoms with Crippen molar-refractivity contribution in [2.75, 3.05) is 20.2 Å². The van der Waals surface area contributed by atoms with Gasteiger partial charge in [0, 0.05) is 42.6 Å². The van der Waals surface area contributed by atoms with Crippen molar-refractivity contribution in [1.82, 2.24) is 41.8 Å². The Labute approximate surface area is 385 Å². The summed E-state index contributed by atoms with van der Waals surface area (Å²) in [6.45, 7) is 9.52. The second-order valence-corrected chi connectivity index (χ2v) is 17.7. The van der Waals surface area contributed by atoms with E-state index < -0.39 is 95.6 Å². The van der Waals surface area contributed by atoms with Crippen LogP contribution >= 0.6 is 0 Å². The second-order valence-electron chi connectivity index (χ2n) is 17.7. The number of hydrogen-bond donors (Lipinski definition) is 8. The van der Waals surface area contributed by atoms with Gasteiger partial charge in [-0.05, 0) is 62.0 Å². The molecule has 0 spiro atoms. The molecule has 19 heteroatoms. The summed E-state index contributed by atoms with van der Waals surface area (Å²) in [5, 5.41) is 27.5. The van der Waals surface area contributed by atoms with Gasteiger partial charge in [0.2, 0.25) is 35.4 Å². The molecule has 19 nitrogen and oxygen atoms in total. The number of aliphatic carboxylic acids is 1. The Balaban J connectivity index is 1.49. The fourth-order valence-corrected chi connectivity index (χ4v) is 8.20. The smallest absolute Gasteiger partial charge is 0.330 e. The van der Waals surface area contributed by atoms with Crippen LogP contribution in [0, 0.1) is 11.8 Å². The van der Waals surface area contributed by atoms with Gasteiger partial charge in [0.05, 0.1) is 19.7 Å². The van der Waals surface area contributed by atoms with Crippen molar-refractivity contribution in [1.29, 1.82) is 0 Å². The molecule has 0 bridgehead atoms. The molecule has 2 aromatic rings. The zero-order chi connectivity index (χ0) is 48.5. The predicted molar refractivity (Wildman–Crippen MR) is 244 cm³/mol. The normalized spacial score (nSPS) is 18.8. The van der Waals surface area contributed by atoms with Crippen LogP contribution < -0.4 is 31.9 Å². The number of esters is 1. The standard InChI is InChI=1S/C47H68N8O11/c1-7-9-16-33(50-41(58)34(18-12-13-20-39(57)66-6)51-43(60)35-24-30(56)26-49-35)42(59)54-40(28(5)8-2)45(62)52-36(22-27(3)4)46(63)55-21-14-19-38(55)44(61)53-37(47(64)65)23-29-25-48-32-17-11-10-15-31(29)32/h10-11,13,15,17,20,25,27-28,33-38,40,48-49H,7-9,12,14,16,18-19,21-24,26H2,1-6H3,(H,50,58)(H,51,60)(H,52,62)(H,53,61)(H,54,59)(H,64,65)/b20-13+/t28?,33-,34-,35-,36-,37-,38-,40-/m0/s1. The number of unbranched alkanes of at least 4 members (excludes halogenated alkanes) is 1. The molecule has 2 aliphatic rings. The average molecular weight is 921 g/mol. The first kappa shape index (κ1) is 52.5. The summed E-state index contributed by atoms with van der Waals surface area (Å²) >= 11 is 0. The monoisotopic (exact) mass is 921 g/mol. The first-order chi connectivity index (χ1) is 31.5. The molecule has 362 valence electrons. The molecule has 1 aromatic carbocycles. The quantitative estimate of drug-likeness (QED) is 0.0525. The summed E-state index contributed by atoms with van der Waals surface area (Å²) in [5.74, 6) is -6.16. The minimum Gasteiger partial charge on any atom is -0.480 e. The third kappa shape index (κ3) is 15.0. The first-order valence-corrected chi connectivity index (χ1v) is 23.1. The van der Waals surface area contributed by atoms with Crippen molar-refractivity contribution in [3.05, 3.63) is 48.2 Å². The number of likely N-dealkylation sites (tertiary alicyclic amines) is 1. The maximum Gasteiger partial charge on any atom is 0.330 e. The topological polar surface area (TPSA) is 274 Å². The highest BCUT2D eigenvalue weighted by Crippen LogP contribution is 2.23. The van der Waals surface area contributed by atoms with Crippen LogP contribution in [0.2, 0.25) is 0 Å². The van der Waals surface area contributed by atoms with E-state index in [4.69, 9.17) is 0 Å². The number of benzene rings is 1. The molecule has 0 radical (unpaired) electrons. The predicted octanol–water partition coefficient (Wildman–Crippen LogP) is 1.93. The number of hydrogen-bond acceptors (Lipinski definition) is 11. The van der Waals surface area contributed by atoms with Gasteiger partial charge in [0.25, 0.3) is 0 Å². The van der Waals surface area contributed by atoms with Gasteiger partial charge in [-0.2, -0.15) is 0 Å². The average Bonchev–Trinajstić information content (AvgIpc) is 4.07. The van der Waals surface area contributed by atoms with Gasteiger partial charge >= 0.3 is 11.9 Å². The molecule has 2 aliphatic heterocycles. The highest BCUT2D eigenvalue weighted by Gasteiger charge is 2.41. The SMILES string of the molecule is CCCC[C@H](NC(=O)[C@H](CC/C=C/C(=O)OC)NC(=O)[C@@H]1CC(=O)CN1)C(=O)N[C@H](C(=O)N[C@@H](CC(C)C)C(=O)N1CCC[C@H]1C(=O)N[C@@H](Cc1c[nH]c2ccccc12)C(=O)O)C(C)CC. The number of H-pyrrole nitrogens is 1. The van der Waals surface area contributed by atoms with Crippen LogP contribution in [0.3, 0.4) is 0 Å². The van der Waals surface area contributed by atoms with E-state index in [1.54, 1.807) is 13.1 Å². The van der Waals surface area contributed by atoms with E-state index in [1.165, 1.54) is 24.2 Å². The summed E-state index contributed by atoms with van der Waals surface area (Å²) in [7, 11) is 1.22. The van der Waals surface area contributed by atoms with Gasteiger partial charge in [-0.25, -0.2) is 9.59 Å². The Hall–Kier alpha value is -6.11. The third-order valence-corrected chi connectivity index (χ3v) is 12.2. The minimum absolute atomic E-state index is 0.0119. The summed E-state index contributed by atoms with van der Waals surface area (Å²) < 4.78 is 4.62. The molecule has 4 rings (SSSR count). The van der Waals surface area contributed by atoms with Crippen LogP contribution in [0.4, 0.5) is 0 Å². The number of ketones is 1. The number of aromatic amines is 1. The number of fused-ring (bicyclic) bond motifs is 1. The summed E-state index contributed by atoms with van der Waals surface area (Å²) in [6.07, 6.45) is 7.41. The van der Waals surface area contributed by atoms with Crippen molar-refractivity contribution in [3.8, 4) is 0 Å². The largest absolute Gasteiger partial charge is 0.480 e. The molecule has 0 saturated carbocycles. The zero-order valence-corrected chi connectivity index (χ0v) is 38.9. The van der Waals surface area contributed by atoms with E-state index in [1.807, 2.05) is 52.0 Å². The van der Waals surface area contributed by atoms with E-state index in [-0.39, 0.29) is 63.3 Å². The number of nitrogens with one attached hydrogen (secondary N) is 7. The van der Waals surface area contributed by atoms with Gasteiger partial charge in [0.1, 0.15) is 42.0 Å². The fourth-order valence-electron chi connectivity index (χ4n) is 8.20. The Bertz CT molecular complexity index is 2090. The van der Waals surface area contributed by atoms with Gasteiger partial charge in [-0.15, -0.1) is 0 Å². The van der Waals surface area contributed by atoms with E-state index in [0.717, 1.165) is 10.9 Å². The Morgan fingerprint density at radius 1 is 0.879 bits per heavy atom. The van der Waals surface area contributed by atoms with Crippen LogP contribution in [0.5, 0.6) is 0 Å². The molecule has 3 heterocycles. The van der Waals surface area contributed by atoms with Crippen LogP contribution in [0.1, 0.15) is 104 Å². The van der Waals surface area contributed by atoms with Crippen LogP contribution in [0.15, 0.2) is 42.6 Å². The lowest BCUT2D eigenvalue weighted by Crippen LogP contribution is -2.61. The lowest BCUT2D eigenvalue weighted by Gasteiger charge is -2.32. The highest BCUT2D eigenvalue weighted by molar-refractivity contribution is 5.98. The maximum absolute atomic E-state index is 14.4. The van der Waals surface area contributed by atoms with Crippen molar-refractivity contribution in [2.45, 2.75) is 148 Å². The van der Waals surface area contributed by atoms with Crippen molar-refractivity contribution in [2.24, 2.45) is 11.8 Å². The third-order valence-electron chi connectivity index (χ3n) is 12.2. The number of carbonyl (C=O) groups excluding carboxylic acids is 8. The fraction of sp³-hybridized carbons (Fsp3) is 0.596. The number of Topliss-reactive ketones (excluding diaryl/α,β-unsaturated/α-hetero) is 1. The molecule has 8 N–H and O–H groups in total. The lowest BCUT2D eigenvalue weighted by molar-refractivity contribution is -0.145. The van der Waals surface area contributed by atoms with Gasteiger partial charge in [-0.1, -0.05) is 78.2 Å². The molecule has 0 aliphatic carbocycles. The number of methoxy groups -OCH3 is 1. The zero-order valence-electron chi connectivity index (χ0n) is 38.9. The van der Waals surface area contributed by atoms with Crippen molar-refractivity contribution in [3.63, 3.8) is 0 Å². The maximum atomic E-state index is 14.4. The van der Waals surface area contributed by atoms with E-state index in [2.05, 4.69) is 41.6 Å². The van der Waals surface area contributed by atoms with Crippen molar-refractivity contribution < 1.29 is 53.0 Å². The minimum atomic E-state index is -1.27. The molecule has 1 aromatic heterocycles. The van der Waals surface area contributed by atoms with E-state index in [9.17, 15) is 48.3 Å². The number of aromatic nitrogens is 1. The summed E-state index contributed by atoms with van der Waals surface area (Å²) in [4.78, 5) is 124. The van der Waals surface area contributed by atoms with Gasteiger partial charge in [-0.3, -0.25) is 38.9 Å². The molecule has 8 atom stereocenters. The van der Waals surface area contributed by atoms with Gasteiger partial charge in [0.15, 0.2) is 0 Å². The number of carboxylic acids is 1. The number of nitrogens with zero attached hydrogens (tertiary/aromatic N) is 1. The van der Waals surface area contributed by atoms with Gasteiger partial charge < -0.3 is 46.3 Å². The van der Waals surface area contributed by atoms with Crippen LogP contribution in [-0.4, -0.2) is 131 Å². The highest BCUT2D eigenvalue weighted by atomic mass is 16.5. The second kappa shape index (κ2) is 25.5. The number of carboxylic acid groups (broad SMARTS) is 1. The summed E-state index contributed by atoms with van der Waals surface area (Å²) in [6, 6.07) is -0.174. The lowest BCUT2D eigenvalue weighted by atomic mass is 9.95. The van der Waals surface area contributed by atoms with E-state index in [0.29, 0.717) is 37.7 Å². The molecule has 66 heavy (non-hydrogen) atoms. The molecule has 1 unspecified atom stereocenters. The molecule has 6 amide bonds. The molecular formula is C47H68N8O11. The molecule has 2 fully saturated rings. The number of ether oxygens (including phenoxy) is 1. The number of amides is 6. The Morgan fingerprint density at radius 3 is 2.21 bits per heavy atom. The number of para-hydroxylation sites is 1. The molecule has 2 saturated heterocycles. The number of rotatable bonds is 25. The Kier molecular flexibility index (Phi) is 20.3. The van der Waals surface area contributed by atoms with Crippen LogP contribution in [-0.2, 0) is 54.3 Å². The van der Waals surface area contributed by atoms with Crippen molar-refractivity contribution >= 4 is 64.1 Å².